The van der Waals surface area contributed by atoms with Crippen LogP contribution in [0.1, 0.15) is 0 Å². The molecule has 1 aromatic carbocycles. The highest BCUT2D eigenvalue weighted by atomic mass is 79.9. The first-order chi connectivity index (χ1) is 9.42. The highest BCUT2D eigenvalue weighted by molar-refractivity contribution is 9.10. The van der Waals surface area contributed by atoms with E-state index in [1.165, 1.54) is 31.6 Å². The largest absolute Gasteiger partial charge is 0.495 e. The number of anilines is 1. The van der Waals surface area contributed by atoms with Gasteiger partial charge >= 0.3 is 0 Å². The molecule has 2 aromatic rings. The lowest BCUT2D eigenvalue weighted by Gasteiger charge is -2.12. The SMILES string of the molecule is COc1ccc(Cl)cc1NS(=O)(=O)c1cncc(Br)c1. The van der Waals surface area contributed by atoms with E-state index in [4.69, 9.17) is 16.3 Å². The van der Waals surface area contributed by atoms with Gasteiger partial charge in [-0.2, -0.15) is 0 Å². The van der Waals surface area contributed by atoms with Crippen LogP contribution >= 0.6 is 27.5 Å². The summed E-state index contributed by atoms with van der Waals surface area (Å²) in [5.74, 6) is 0.376. The van der Waals surface area contributed by atoms with Crippen molar-refractivity contribution in [1.29, 1.82) is 0 Å². The monoisotopic (exact) mass is 376 g/mol. The Bertz CT molecular complexity index is 737. The molecule has 0 amide bonds. The molecular formula is C12H10BrClN2O3S. The van der Waals surface area contributed by atoms with Crippen LogP contribution in [0, 0.1) is 0 Å². The zero-order chi connectivity index (χ0) is 14.8. The van der Waals surface area contributed by atoms with E-state index in [-0.39, 0.29) is 10.6 Å². The van der Waals surface area contributed by atoms with Crippen LogP contribution in [-0.2, 0) is 10.0 Å². The Morgan fingerprint density at radius 3 is 2.70 bits per heavy atom. The molecule has 1 aromatic heterocycles. The van der Waals surface area contributed by atoms with Gasteiger partial charge in [-0.05, 0) is 40.2 Å². The molecule has 0 saturated heterocycles. The molecular weight excluding hydrogens is 368 g/mol. The lowest BCUT2D eigenvalue weighted by molar-refractivity contribution is 0.417. The Balaban J connectivity index is 2.40. The zero-order valence-electron chi connectivity index (χ0n) is 10.3. The topological polar surface area (TPSA) is 68.3 Å². The fraction of sp³-hybridized carbons (Fsp3) is 0.0833. The summed E-state index contributed by atoms with van der Waals surface area (Å²) in [5.41, 5.74) is 0.264. The van der Waals surface area contributed by atoms with E-state index >= 15 is 0 Å². The van der Waals surface area contributed by atoms with E-state index in [0.29, 0.717) is 15.2 Å². The third-order valence-electron chi connectivity index (χ3n) is 2.40. The summed E-state index contributed by atoms with van der Waals surface area (Å²) >= 11 is 9.04. The number of pyridine rings is 1. The number of aromatic nitrogens is 1. The third-order valence-corrected chi connectivity index (χ3v) is 4.40. The minimum absolute atomic E-state index is 0.0360. The highest BCUT2D eigenvalue weighted by Gasteiger charge is 2.17. The molecule has 0 bridgehead atoms. The van der Waals surface area contributed by atoms with Crippen LogP contribution < -0.4 is 9.46 Å². The summed E-state index contributed by atoms with van der Waals surface area (Å²) in [6, 6.07) is 6.12. The number of nitrogens with one attached hydrogen (secondary N) is 1. The van der Waals surface area contributed by atoms with Crippen LogP contribution in [0.4, 0.5) is 5.69 Å². The van der Waals surface area contributed by atoms with Crippen molar-refractivity contribution < 1.29 is 13.2 Å². The maximum Gasteiger partial charge on any atom is 0.263 e. The van der Waals surface area contributed by atoms with Crippen LogP contribution in [-0.4, -0.2) is 20.5 Å². The maximum atomic E-state index is 12.3. The number of methoxy groups -OCH3 is 1. The number of ether oxygens (including phenoxy) is 1. The van der Waals surface area contributed by atoms with Crippen molar-refractivity contribution in [2.45, 2.75) is 4.90 Å². The number of nitrogens with zero attached hydrogens (tertiary/aromatic N) is 1. The second-order valence-corrected chi connectivity index (χ2v) is 6.82. The van der Waals surface area contributed by atoms with Crippen molar-refractivity contribution >= 4 is 43.2 Å². The normalized spacial score (nSPS) is 11.2. The first-order valence-corrected chi connectivity index (χ1v) is 8.05. The standard InChI is InChI=1S/C12H10BrClN2O3S/c1-19-12-3-2-9(14)5-11(12)16-20(17,18)10-4-8(13)6-15-7-10/h2-7,16H,1H3. The van der Waals surface area contributed by atoms with Crippen LogP contribution in [0.3, 0.4) is 0 Å². The van der Waals surface area contributed by atoms with Gasteiger partial charge in [-0.3, -0.25) is 9.71 Å². The minimum Gasteiger partial charge on any atom is -0.495 e. The van der Waals surface area contributed by atoms with Crippen molar-refractivity contribution in [3.8, 4) is 5.75 Å². The summed E-state index contributed by atoms with van der Waals surface area (Å²) in [4.78, 5) is 3.86. The van der Waals surface area contributed by atoms with Crippen molar-refractivity contribution in [3.63, 3.8) is 0 Å². The molecule has 0 spiro atoms. The molecule has 20 heavy (non-hydrogen) atoms. The van der Waals surface area contributed by atoms with Gasteiger partial charge in [0.25, 0.3) is 10.0 Å². The molecule has 0 atom stereocenters. The fourth-order valence-electron chi connectivity index (χ4n) is 1.50. The molecule has 0 saturated carbocycles. The van der Waals surface area contributed by atoms with Gasteiger partial charge in [0, 0.05) is 21.9 Å². The van der Waals surface area contributed by atoms with E-state index in [1.54, 1.807) is 12.1 Å². The van der Waals surface area contributed by atoms with Gasteiger partial charge in [0.15, 0.2) is 0 Å². The van der Waals surface area contributed by atoms with Crippen molar-refractivity contribution in [2.75, 3.05) is 11.8 Å². The molecule has 0 aliphatic carbocycles. The first kappa shape index (κ1) is 15.1. The second-order valence-electron chi connectivity index (χ2n) is 3.79. The first-order valence-electron chi connectivity index (χ1n) is 5.39. The van der Waals surface area contributed by atoms with E-state index in [2.05, 4.69) is 25.6 Å². The smallest absolute Gasteiger partial charge is 0.263 e. The Labute approximate surface area is 130 Å². The van der Waals surface area contributed by atoms with Crippen LogP contribution in [0.15, 0.2) is 46.0 Å². The quantitative estimate of drug-likeness (QED) is 0.887. The molecule has 0 radical (unpaired) electrons. The summed E-state index contributed by atoms with van der Waals surface area (Å²) in [6.07, 6.45) is 2.75. The average molecular weight is 378 g/mol. The number of sulfonamides is 1. The molecule has 1 heterocycles. The fourth-order valence-corrected chi connectivity index (χ4v) is 3.24. The molecule has 8 heteroatoms. The molecule has 0 fully saturated rings. The Morgan fingerprint density at radius 1 is 1.30 bits per heavy atom. The summed E-state index contributed by atoms with van der Waals surface area (Å²) in [5, 5.41) is 0.399. The molecule has 2 rings (SSSR count). The number of halogens is 2. The molecule has 1 N–H and O–H groups in total. The summed E-state index contributed by atoms with van der Waals surface area (Å²) < 4.78 is 32.6. The minimum atomic E-state index is -3.77. The van der Waals surface area contributed by atoms with Gasteiger partial charge < -0.3 is 4.74 Å². The second kappa shape index (κ2) is 5.99. The number of rotatable bonds is 4. The Kier molecular flexibility index (Phi) is 4.52. The Hall–Kier alpha value is -1.31. The van der Waals surface area contributed by atoms with Gasteiger partial charge in [0.2, 0.25) is 0 Å². The summed E-state index contributed by atoms with van der Waals surface area (Å²) in [6.45, 7) is 0. The zero-order valence-corrected chi connectivity index (χ0v) is 13.5. The van der Waals surface area contributed by atoms with Gasteiger partial charge in [-0.25, -0.2) is 8.42 Å². The number of benzene rings is 1. The van der Waals surface area contributed by atoms with Crippen LogP contribution in [0.25, 0.3) is 0 Å². The lowest BCUT2D eigenvalue weighted by atomic mass is 10.3. The number of hydrogen-bond donors (Lipinski definition) is 1. The molecule has 5 nitrogen and oxygen atoms in total. The van der Waals surface area contributed by atoms with Crippen molar-refractivity contribution in [2.24, 2.45) is 0 Å². The predicted molar refractivity (Wildman–Crippen MR) is 80.7 cm³/mol. The van der Waals surface area contributed by atoms with Crippen molar-refractivity contribution in [1.82, 2.24) is 4.98 Å². The third kappa shape index (κ3) is 3.41. The predicted octanol–water partition coefficient (Wildman–Crippen LogP) is 3.31. The van der Waals surface area contributed by atoms with Crippen molar-refractivity contribution in [3.05, 3.63) is 46.2 Å². The molecule has 0 aliphatic rings. The van der Waals surface area contributed by atoms with Gasteiger partial charge in [0.05, 0.1) is 12.8 Å². The van der Waals surface area contributed by atoms with Crippen LogP contribution in [0.2, 0.25) is 5.02 Å². The molecule has 106 valence electrons. The molecule has 0 aliphatic heterocycles. The van der Waals surface area contributed by atoms with Gasteiger partial charge in [0.1, 0.15) is 10.6 Å². The van der Waals surface area contributed by atoms with E-state index in [9.17, 15) is 8.42 Å². The number of hydrogen-bond acceptors (Lipinski definition) is 4. The summed E-state index contributed by atoms with van der Waals surface area (Å²) in [7, 11) is -2.32. The van der Waals surface area contributed by atoms with E-state index < -0.39 is 10.0 Å². The van der Waals surface area contributed by atoms with Gasteiger partial charge in [-0.15, -0.1) is 0 Å². The average Bonchev–Trinajstić information content (AvgIpc) is 2.38. The Morgan fingerprint density at radius 2 is 2.05 bits per heavy atom. The van der Waals surface area contributed by atoms with Gasteiger partial charge in [-0.1, -0.05) is 11.6 Å². The van der Waals surface area contributed by atoms with E-state index in [1.807, 2.05) is 0 Å². The highest BCUT2D eigenvalue weighted by Crippen LogP contribution is 2.29. The van der Waals surface area contributed by atoms with E-state index in [0.717, 1.165) is 0 Å². The maximum absolute atomic E-state index is 12.3. The molecule has 0 unspecified atom stereocenters. The van der Waals surface area contributed by atoms with Crippen LogP contribution in [0.5, 0.6) is 5.75 Å². The lowest BCUT2D eigenvalue weighted by Crippen LogP contribution is -2.14.